The van der Waals surface area contributed by atoms with Crippen LogP contribution in [-0.4, -0.2) is 21.3 Å². The molecular formula is C17H16N2O3S. The Balaban J connectivity index is 1.75. The Morgan fingerprint density at radius 1 is 1.17 bits per heavy atom. The normalized spacial score (nSPS) is 19.6. The van der Waals surface area contributed by atoms with E-state index in [0.717, 1.165) is 5.56 Å². The second kappa shape index (κ2) is 6.34. The largest absolute Gasteiger partial charge is 0.326 e. The Morgan fingerprint density at radius 2 is 1.87 bits per heavy atom. The number of fused-ring (bicyclic) bond motifs is 1. The molecule has 1 aliphatic heterocycles. The van der Waals surface area contributed by atoms with Gasteiger partial charge in [0, 0.05) is 5.69 Å². The minimum absolute atomic E-state index is 0.124. The van der Waals surface area contributed by atoms with Crippen LogP contribution in [0.5, 0.6) is 0 Å². The molecule has 0 bridgehead atoms. The topological polar surface area (TPSA) is 75.3 Å². The molecule has 0 aromatic heterocycles. The SMILES string of the molecule is Cc1ccccc1NC(=O)C[C@@H]1C(=O)Nc2ccccc2[S@@]1=O. The van der Waals surface area contributed by atoms with E-state index in [1.807, 2.05) is 25.1 Å². The van der Waals surface area contributed by atoms with Crippen LogP contribution in [-0.2, 0) is 20.4 Å². The third-order valence-electron chi connectivity index (χ3n) is 3.70. The van der Waals surface area contributed by atoms with Crippen LogP contribution in [0.2, 0.25) is 0 Å². The van der Waals surface area contributed by atoms with Gasteiger partial charge in [-0.25, -0.2) is 0 Å². The summed E-state index contributed by atoms with van der Waals surface area (Å²) in [6.07, 6.45) is -0.124. The van der Waals surface area contributed by atoms with Crippen LogP contribution in [0.3, 0.4) is 0 Å². The fourth-order valence-electron chi connectivity index (χ4n) is 2.46. The van der Waals surface area contributed by atoms with Crippen LogP contribution < -0.4 is 10.6 Å². The van der Waals surface area contributed by atoms with Crippen molar-refractivity contribution in [1.82, 2.24) is 0 Å². The van der Waals surface area contributed by atoms with E-state index < -0.39 is 16.0 Å². The molecule has 118 valence electrons. The molecule has 2 N–H and O–H groups in total. The number of aryl methyl sites for hydroxylation is 1. The zero-order valence-corrected chi connectivity index (χ0v) is 13.4. The minimum Gasteiger partial charge on any atom is -0.326 e. The van der Waals surface area contributed by atoms with Gasteiger partial charge in [-0.2, -0.15) is 0 Å². The minimum atomic E-state index is -1.54. The van der Waals surface area contributed by atoms with Crippen LogP contribution in [0, 0.1) is 6.92 Å². The number of rotatable bonds is 3. The van der Waals surface area contributed by atoms with E-state index in [-0.39, 0.29) is 18.2 Å². The highest BCUT2D eigenvalue weighted by Gasteiger charge is 2.34. The molecular weight excluding hydrogens is 312 g/mol. The Labute approximate surface area is 136 Å². The summed E-state index contributed by atoms with van der Waals surface area (Å²) in [6, 6.07) is 14.3. The summed E-state index contributed by atoms with van der Waals surface area (Å²) in [5.41, 5.74) is 2.17. The number of amides is 2. The van der Waals surface area contributed by atoms with E-state index in [1.54, 1.807) is 30.3 Å². The molecule has 0 saturated carbocycles. The quantitative estimate of drug-likeness (QED) is 0.909. The lowest BCUT2D eigenvalue weighted by molar-refractivity contribution is -0.120. The predicted octanol–water partition coefficient (Wildman–Crippen LogP) is 2.45. The summed E-state index contributed by atoms with van der Waals surface area (Å²) in [6.45, 7) is 1.89. The molecule has 0 spiro atoms. The molecule has 2 aromatic carbocycles. The van der Waals surface area contributed by atoms with E-state index in [0.29, 0.717) is 16.3 Å². The van der Waals surface area contributed by atoms with Gasteiger partial charge in [0.1, 0.15) is 5.25 Å². The lowest BCUT2D eigenvalue weighted by Crippen LogP contribution is -2.39. The molecule has 0 radical (unpaired) electrons. The molecule has 5 nitrogen and oxygen atoms in total. The Morgan fingerprint density at radius 3 is 2.65 bits per heavy atom. The van der Waals surface area contributed by atoms with Crippen LogP contribution in [0.25, 0.3) is 0 Å². The number of hydrogen-bond donors (Lipinski definition) is 2. The summed E-state index contributed by atoms with van der Waals surface area (Å²) in [4.78, 5) is 24.9. The molecule has 1 heterocycles. The Bertz CT molecular complexity index is 804. The average Bonchev–Trinajstić information content (AvgIpc) is 2.54. The molecule has 0 aliphatic carbocycles. The third-order valence-corrected chi connectivity index (χ3v) is 5.39. The number of para-hydroxylation sites is 2. The van der Waals surface area contributed by atoms with E-state index in [1.165, 1.54) is 0 Å². The lowest BCUT2D eigenvalue weighted by Gasteiger charge is -2.23. The van der Waals surface area contributed by atoms with E-state index in [9.17, 15) is 13.8 Å². The van der Waals surface area contributed by atoms with Gasteiger partial charge in [-0.3, -0.25) is 13.8 Å². The lowest BCUT2D eigenvalue weighted by atomic mass is 10.2. The third kappa shape index (κ3) is 3.17. The van der Waals surface area contributed by atoms with Gasteiger partial charge in [-0.05, 0) is 30.7 Å². The van der Waals surface area contributed by atoms with E-state index in [4.69, 9.17) is 0 Å². The maximum atomic E-state index is 12.6. The average molecular weight is 328 g/mol. The van der Waals surface area contributed by atoms with Gasteiger partial charge in [0.2, 0.25) is 11.8 Å². The fraction of sp³-hybridized carbons (Fsp3) is 0.176. The van der Waals surface area contributed by atoms with Crippen molar-refractivity contribution in [3.05, 3.63) is 54.1 Å². The maximum absolute atomic E-state index is 12.6. The van der Waals surface area contributed by atoms with Crippen molar-refractivity contribution in [2.45, 2.75) is 23.5 Å². The molecule has 0 fully saturated rings. The molecule has 6 heteroatoms. The zero-order chi connectivity index (χ0) is 16.4. The first-order valence-corrected chi connectivity index (χ1v) is 8.43. The number of anilines is 2. The number of carbonyl (C=O) groups is 2. The van der Waals surface area contributed by atoms with Crippen LogP contribution in [0.4, 0.5) is 11.4 Å². The van der Waals surface area contributed by atoms with Crippen molar-refractivity contribution in [2.75, 3.05) is 10.6 Å². The van der Waals surface area contributed by atoms with Crippen molar-refractivity contribution >= 4 is 34.0 Å². The summed E-state index contributed by atoms with van der Waals surface area (Å²) >= 11 is 0. The first-order chi connectivity index (χ1) is 11.1. The van der Waals surface area contributed by atoms with Gasteiger partial charge in [0.05, 0.1) is 27.8 Å². The summed E-state index contributed by atoms with van der Waals surface area (Å²) < 4.78 is 12.6. The Kier molecular flexibility index (Phi) is 4.25. The van der Waals surface area contributed by atoms with Gasteiger partial charge >= 0.3 is 0 Å². The molecule has 2 amide bonds. The summed E-state index contributed by atoms with van der Waals surface area (Å²) in [5.74, 6) is -0.714. The van der Waals surface area contributed by atoms with Gasteiger partial charge in [0.15, 0.2) is 0 Å². The Hall–Kier alpha value is -2.47. The number of hydrogen-bond acceptors (Lipinski definition) is 3. The van der Waals surface area contributed by atoms with E-state index in [2.05, 4.69) is 10.6 Å². The first kappa shape index (κ1) is 15.4. The highest BCUT2D eigenvalue weighted by Crippen LogP contribution is 2.28. The standard InChI is InChI=1S/C17H16N2O3S/c1-11-6-2-3-7-12(11)18-16(20)10-15-17(21)19-13-8-4-5-9-14(13)23(15)22/h2-9,15H,10H2,1H3,(H,18,20)(H,19,21)/t15-,23+/m1/s1. The van der Waals surface area contributed by atoms with Gasteiger partial charge in [0.25, 0.3) is 0 Å². The maximum Gasteiger partial charge on any atom is 0.241 e. The number of benzene rings is 2. The molecule has 2 atom stereocenters. The van der Waals surface area contributed by atoms with E-state index >= 15 is 0 Å². The monoisotopic (exact) mass is 328 g/mol. The van der Waals surface area contributed by atoms with Gasteiger partial charge in [-0.1, -0.05) is 30.3 Å². The molecule has 23 heavy (non-hydrogen) atoms. The van der Waals surface area contributed by atoms with Crippen molar-refractivity contribution in [3.8, 4) is 0 Å². The van der Waals surface area contributed by atoms with Crippen LogP contribution in [0.15, 0.2) is 53.4 Å². The van der Waals surface area contributed by atoms with Gasteiger partial charge < -0.3 is 10.6 Å². The highest BCUT2D eigenvalue weighted by atomic mass is 32.2. The highest BCUT2D eigenvalue weighted by molar-refractivity contribution is 7.86. The number of carbonyl (C=O) groups excluding carboxylic acids is 2. The van der Waals surface area contributed by atoms with Gasteiger partial charge in [-0.15, -0.1) is 0 Å². The van der Waals surface area contributed by atoms with Crippen LogP contribution >= 0.6 is 0 Å². The van der Waals surface area contributed by atoms with Crippen molar-refractivity contribution < 1.29 is 13.8 Å². The fourth-order valence-corrected chi connectivity index (χ4v) is 3.87. The predicted molar refractivity (Wildman–Crippen MR) is 89.7 cm³/mol. The van der Waals surface area contributed by atoms with Crippen molar-refractivity contribution in [2.24, 2.45) is 0 Å². The molecule has 0 unspecified atom stereocenters. The second-order valence-electron chi connectivity index (χ2n) is 5.34. The molecule has 0 saturated heterocycles. The smallest absolute Gasteiger partial charge is 0.241 e. The van der Waals surface area contributed by atoms with Crippen LogP contribution in [0.1, 0.15) is 12.0 Å². The summed E-state index contributed by atoms with van der Waals surface area (Å²) in [5, 5.41) is 4.60. The zero-order valence-electron chi connectivity index (χ0n) is 12.5. The first-order valence-electron chi connectivity index (χ1n) is 7.22. The molecule has 3 rings (SSSR count). The van der Waals surface area contributed by atoms with Crippen molar-refractivity contribution in [3.63, 3.8) is 0 Å². The molecule has 1 aliphatic rings. The second-order valence-corrected chi connectivity index (χ2v) is 6.94. The van der Waals surface area contributed by atoms with Crippen molar-refractivity contribution in [1.29, 1.82) is 0 Å². The molecule has 2 aromatic rings. The summed E-state index contributed by atoms with van der Waals surface area (Å²) in [7, 11) is -1.54. The number of nitrogens with one attached hydrogen (secondary N) is 2.